The number of benzene rings is 1. The number of hydrogen-bond acceptors (Lipinski definition) is 5. The number of aromatic nitrogens is 1. The van der Waals surface area contributed by atoms with Gasteiger partial charge in [-0.1, -0.05) is 6.07 Å². The first-order chi connectivity index (χ1) is 14.0. The number of nitrogens with zero attached hydrogens (tertiary/aromatic N) is 1. The molecule has 1 aliphatic carbocycles. The average molecular weight is 398 g/mol. The summed E-state index contributed by atoms with van der Waals surface area (Å²) in [5.74, 6) is -0.360. The molecule has 5 N–H and O–H groups in total. The number of β-amino-alcohol motifs (C(OH)–C–C–N with tert-alkyl or cyclic N) is 1. The van der Waals surface area contributed by atoms with E-state index in [1.54, 1.807) is 24.5 Å². The lowest BCUT2D eigenvalue weighted by atomic mass is 9.81. The van der Waals surface area contributed by atoms with Gasteiger partial charge in [0.1, 0.15) is 5.82 Å². The molecular weight excluding hydrogens is 371 g/mol. The van der Waals surface area contributed by atoms with E-state index in [2.05, 4.69) is 15.6 Å². The van der Waals surface area contributed by atoms with Crippen molar-refractivity contribution in [1.82, 2.24) is 10.3 Å². The molecule has 0 spiro atoms. The van der Waals surface area contributed by atoms with Crippen LogP contribution >= 0.6 is 0 Å². The molecular formula is C22H27FN4O2. The summed E-state index contributed by atoms with van der Waals surface area (Å²) in [6.07, 6.45) is 6.95. The van der Waals surface area contributed by atoms with Crippen LogP contribution in [0, 0.1) is 11.7 Å². The van der Waals surface area contributed by atoms with E-state index in [9.17, 15) is 14.3 Å². The number of aliphatic hydroxyl groups excluding tert-OH is 1. The minimum Gasteiger partial charge on any atom is -0.392 e. The molecule has 1 saturated carbocycles. The van der Waals surface area contributed by atoms with Crippen LogP contribution in [0.3, 0.4) is 0 Å². The third kappa shape index (κ3) is 4.47. The van der Waals surface area contributed by atoms with E-state index in [0.29, 0.717) is 25.3 Å². The average Bonchev–Trinajstić information content (AvgIpc) is 3.50. The fourth-order valence-electron chi connectivity index (χ4n) is 4.16. The zero-order chi connectivity index (χ0) is 20.4. The van der Waals surface area contributed by atoms with Gasteiger partial charge in [0, 0.05) is 24.5 Å². The molecule has 0 radical (unpaired) electrons. The van der Waals surface area contributed by atoms with Crippen molar-refractivity contribution in [3.05, 3.63) is 59.7 Å². The van der Waals surface area contributed by atoms with Gasteiger partial charge in [0.2, 0.25) is 5.91 Å². The Bertz CT molecular complexity index is 874. The van der Waals surface area contributed by atoms with Gasteiger partial charge in [0.15, 0.2) is 0 Å². The third-order valence-corrected chi connectivity index (χ3v) is 6.06. The summed E-state index contributed by atoms with van der Waals surface area (Å²) < 4.78 is 14.3. The summed E-state index contributed by atoms with van der Waals surface area (Å²) in [6.45, 7) is 0.370. The number of anilines is 1. The topological polar surface area (TPSA) is 100 Å². The number of halogens is 1. The van der Waals surface area contributed by atoms with Gasteiger partial charge in [-0.2, -0.15) is 0 Å². The molecule has 7 heteroatoms. The maximum atomic E-state index is 14.3. The number of rotatable bonds is 7. The highest BCUT2D eigenvalue weighted by molar-refractivity contribution is 5.95. The standard InChI is InChI=1S/C22H27FN4O2/c23-18-4-1-14(11-19(18)27-21(29)20-12-17(28)13-26-20)5-8-22(24,15-2-3-15)16-6-9-25-10-7-16/h1,4,6-7,9-11,15,17,20,26,28H,2-3,5,8,12-13,24H2,(H,27,29)/t17-,20-,22+/m1/s1. The van der Waals surface area contributed by atoms with E-state index in [4.69, 9.17) is 5.73 Å². The summed E-state index contributed by atoms with van der Waals surface area (Å²) in [5.41, 5.74) is 8.55. The second kappa shape index (κ2) is 8.18. The molecule has 1 aromatic carbocycles. The smallest absolute Gasteiger partial charge is 0.241 e. The van der Waals surface area contributed by atoms with E-state index < -0.39 is 23.5 Å². The number of aliphatic hydroxyl groups is 1. The highest BCUT2D eigenvalue weighted by Gasteiger charge is 2.43. The lowest BCUT2D eigenvalue weighted by Crippen LogP contribution is -2.39. The van der Waals surface area contributed by atoms with Gasteiger partial charge < -0.3 is 21.5 Å². The van der Waals surface area contributed by atoms with Crippen LogP contribution in [-0.4, -0.2) is 34.7 Å². The van der Waals surface area contributed by atoms with E-state index in [0.717, 1.165) is 30.4 Å². The Hall–Kier alpha value is -2.35. The van der Waals surface area contributed by atoms with Crippen LogP contribution < -0.4 is 16.4 Å². The SMILES string of the molecule is N[C@](CCc1ccc(F)c(NC(=O)[C@H]2C[C@@H](O)CN2)c1)(c1ccncc1)C1CC1. The number of carbonyl (C=O) groups excluding carboxylic acids is 1. The quantitative estimate of drug-likeness (QED) is 0.572. The van der Waals surface area contributed by atoms with Crippen LogP contribution in [0.5, 0.6) is 0 Å². The summed E-state index contributed by atoms with van der Waals surface area (Å²) in [4.78, 5) is 16.4. The van der Waals surface area contributed by atoms with Crippen molar-refractivity contribution in [2.75, 3.05) is 11.9 Å². The van der Waals surface area contributed by atoms with Gasteiger partial charge in [-0.25, -0.2) is 4.39 Å². The van der Waals surface area contributed by atoms with Crippen LogP contribution in [0.4, 0.5) is 10.1 Å². The Morgan fingerprint density at radius 1 is 1.31 bits per heavy atom. The molecule has 0 unspecified atom stereocenters. The Labute approximate surface area is 169 Å². The number of pyridine rings is 1. The Kier molecular flexibility index (Phi) is 5.63. The molecule has 2 heterocycles. The first-order valence-corrected chi connectivity index (χ1v) is 10.2. The Balaban J connectivity index is 1.45. The largest absolute Gasteiger partial charge is 0.392 e. The monoisotopic (exact) mass is 398 g/mol. The van der Waals surface area contributed by atoms with E-state index in [1.165, 1.54) is 6.07 Å². The van der Waals surface area contributed by atoms with Gasteiger partial charge in [-0.05, 0) is 73.4 Å². The summed E-state index contributed by atoms with van der Waals surface area (Å²) in [6, 6.07) is 8.23. The zero-order valence-electron chi connectivity index (χ0n) is 16.3. The number of nitrogens with two attached hydrogens (primary N) is 1. The summed E-state index contributed by atoms with van der Waals surface area (Å²) in [7, 11) is 0. The number of amides is 1. The van der Waals surface area contributed by atoms with Gasteiger partial charge in [-0.15, -0.1) is 0 Å². The number of carbonyl (C=O) groups is 1. The predicted octanol–water partition coefficient (Wildman–Crippen LogP) is 2.08. The van der Waals surface area contributed by atoms with Crippen molar-refractivity contribution >= 4 is 11.6 Å². The van der Waals surface area contributed by atoms with Crippen LogP contribution in [0.1, 0.15) is 36.8 Å². The molecule has 3 atom stereocenters. The molecule has 4 rings (SSSR count). The zero-order valence-corrected chi connectivity index (χ0v) is 16.3. The van der Waals surface area contributed by atoms with Crippen LogP contribution in [-0.2, 0) is 16.8 Å². The lowest BCUT2D eigenvalue weighted by molar-refractivity contribution is -0.118. The van der Waals surface area contributed by atoms with Gasteiger partial charge in [0.25, 0.3) is 0 Å². The molecule has 2 aromatic rings. The number of nitrogens with one attached hydrogen (secondary N) is 2. The molecule has 2 fully saturated rings. The molecule has 1 saturated heterocycles. The van der Waals surface area contributed by atoms with Gasteiger partial charge >= 0.3 is 0 Å². The molecule has 1 aliphatic heterocycles. The second-order valence-corrected chi connectivity index (χ2v) is 8.20. The number of aryl methyl sites for hydroxylation is 1. The van der Waals surface area contributed by atoms with Gasteiger partial charge in [0.05, 0.1) is 17.8 Å². The van der Waals surface area contributed by atoms with Crippen molar-refractivity contribution < 1.29 is 14.3 Å². The van der Waals surface area contributed by atoms with Crippen LogP contribution in [0.25, 0.3) is 0 Å². The predicted molar refractivity (Wildman–Crippen MR) is 109 cm³/mol. The van der Waals surface area contributed by atoms with Crippen molar-refractivity contribution in [3.63, 3.8) is 0 Å². The van der Waals surface area contributed by atoms with Crippen LogP contribution in [0.15, 0.2) is 42.7 Å². The van der Waals surface area contributed by atoms with Crippen LogP contribution in [0.2, 0.25) is 0 Å². The van der Waals surface area contributed by atoms with Crippen molar-refractivity contribution in [2.24, 2.45) is 11.7 Å². The first kappa shape index (κ1) is 19.9. The molecule has 154 valence electrons. The minimum atomic E-state index is -0.546. The highest BCUT2D eigenvalue weighted by atomic mass is 19.1. The Morgan fingerprint density at radius 2 is 2.07 bits per heavy atom. The number of hydrogen-bond donors (Lipinski definition) is 4. The molecule has 1 aromatic heterocycles. The summed E-state index contributed by atoms with van der Waals surface area (Å²) >= 11 is 0. The maximum absolute atomic E-state index is 14.3. The maximum Gasteiger partial charge on any atom is 0.241 e. The van der Waals surface area contributed by atoms with Crippen molar-refractivity contribution in [2.45, 2.75) is 49.8 Å². The first-order valence-electron chi connectivity index (χ1n) is 10.2. The van der Waals surface area contributed by atoms with Crippen molar-refractivity contribution in [1.29, 1.82) is 0 Å². The second-order valence-electron chi connectivity index (χ2n) is 8.20. The van der Waals surface area contributed by atoms with Gasteiger partial charge in [-0.3, -0.25) is 9.78 Å². The minimum absolute atomic E-state index is 0.161. The molecule has 0 bridgehead atoms. The van der Waals surface area contributed by atoms with E-state index in [1.807, 2.05) is 12.1 Å². The normalized spacial score (nSPS) is 23.6. The fourth-order valence-corrected chi connectivity index (χ4v) is 4.16. The van der Waals surface area contributed by atoms with E-state index >= 15 is 0 Å². The Morgan fingerprint density at radius 3 is 2.72 bits per heavy atom. The summed E-state index contributed by atoms with van der Waals surface area (Å²) in [5, 5.41) is 15.2. The lowest BCUT2D eigenvalue weighted by Gasteiger charge is -2.30. The molecule has 6 nitrogen and oxygen atoms in total. The molecule has 29 heavy (non-hydrogen) atoms. The molecule has 1 amide bonds. The van der Waals surface area contributed by atoms with E-state index in [-0.39, 0.29) is 11.6 Å². The van der Waals surface area contributed by atoms with Crippen molar-refractivity contribution in [3.8, 4) is 0 Å². The highest BCUT2D eigenvalue weighted by Crippen LogP contribution is 2.46. The fraction of sp³-hybridized carbons (Fsp3) is 0.455. The molecule has 2 aliphatic rings. The third-order valence-electron chi connectivity index (χ3n) is 6.06.